The second kappa shape index (κ2) is 9.16. The Balaban J connectivity index is 1.90. The molecule has 0 saturated heterocycles. The Kier molecular flexibility index (Phi) is 6.40. The third-order valence-corrected chi connectivity index (χ3v) is 4.80. The molecule has 0 saturated carbocycles. The Morgan fingerprint density at radius 1 is 1.07 bits per heavy atom. The monoisotopic (exact) mass is 413 g/mol. The molecule has 9 heteroatoms. The molecule has 0 bridgehead atoms. The van der Waals surface area contributed by atoms with Crippen molar-refractivity contribution in [3.05, 3.63) is 52.9 Å². The molecule has 3 rings (SSSR count). The Bertz CT molecular complexity index is 1030. The van der Waals surface area contributed by atoms with Crippen LogP contribution in [-0.4, -0.2) is 47.6 Å². The number of carboxylic acid groups (broad SMARTS) is 1. The zero-order chi connectivity index (χ0) is 20.8. The highest BCUT2D eigenvalue weighted by Crippen LogP contribution is 2.32. The highest BCUT2D eigenvalue weighted by atomic mass is 32.2. The molecule has 0 aliphatic carbocycles. The quantitative estimate of drug-likeness (QED) is 0.425. The van der Waals surface area contributed by atoms with E-state index in [0.717, 1.165) is 11.8 Å². The fourth-order valence-electron chi connectivity index (χ4n) is 2.53. The predicted molar refractivity (Wildman–Crippen MR) is 109 cm³/mol. The van der Waals surface area contributed by atoms with Crippen LogP contribution in [0.2, 0.25) is 0 Å². The minimum absolute atomic E-state index is 0.0586. The maximum absolute atomic E-state index is 11.7. The molecule has 0 aliphatic rings. The summed E-state index contributed by atoms with van der Waals surface area (Å²) in [4.78, 5) is 16.2. The second-order valence-corrected chi connectivity index (χ2v) is 6.73. The average Bonchev–Trinajstić information content (AvgIpc) is 3.21. The van der Waals surface area contributed by atoms with Crippen molar-refractivity contribution >= 4 is 23.8 Å². The number of benzene rings is 2. The number of rotatable bonds is 8. The summed E-state index contributed by atoms with van der Waals surface area (Å²) in [5.41, 5.74) is 1.35. The third kappa shape index (κ3) is 4.88. The van der Waals surface area contributed by atoms with E-state index in [2.05, 4.69) is 15.2 Å². The van der Waals surface area contributed by atoms with Gasteiger partial charge in [0.25, 0.3) is 0 Å². The van der Waals surface area contributed by atoms with Crippen molar-refractivity contribution in [2.75, 3.05) is 21.3 Å². The number of nitrogens with one attached hydrogen (secondary N) is 1. The number of aromatic nitrogens is 3. The van der Waals surface area contributed by atoms with Gasteiger partial charge in [-0.3, -0.25) is 5.10 Å². The molecule has 8 nitrogen and oxygen atoms in total. The van der Waals surface area contributed by atoms with Gasteiger partial charge in [-0.1, -0.05) is 18.2 Å². The Hall–Kier alpha value is -3.46. The molecule has 0 spiro atoms. The molecule has 0 fully saturated rings. The molecular weight excluding hydrogens is 394 g/mol. The van der Waals surface area contributed by atoms with Crippen molar-refractivity contribution in [1.82, 2.24) is 15.2 Å². The number of ether oxygens (including phenoxy) is 3. The van der Waals surface area contributed by atoms with Gasteiger partial charge in [0.1, 0.15) is 22.2 Å². The highest BCUT2D eigenvalue weighted by Gasteiger charge is 2.16. The van der Waals surface area contributed by atoms with Crippen LogP contribution in [0, 0.1) is 0 Å². The molecular formula is C20H19N3O5S. The molecule has 0 aliphatic heterocycles. The summed E-state index contributed by atoms with van der Waals surface area (Å²) < 4.78 is 15.8. The van der Waals surface area contributed by atoms with E-state index in [-0.39, 0.29) is 10.1 Å². The summed E-state index contributed by atoms with van der Waals surface area (Å²) in [5.74, 6) is 1.16. The molecule has 150 valence electrons. The smallest absolute Gasteiger partial charge is 0.342 e. The maximum Gasteiger partial charge on any atom is 0.342 e. The van der Waals surface area contributed by atoms with E-state index in [1.807, 2.05) is 6.07 Å². The van der Waals surface area contributed by atoms with E-state index in [1.165, 1.54) is 13.2 Å². The first-order valence-electron chi connectivity index (χ1n) is 8.45. The Labute approximate surface area is 171 Å². The van der Waals surface area contributed by atoms with E-state index in [4.69, 9.17) is 14.2 Å². The van der Waals surface area contributed by atoms with Crippen molar-refractivity contribution in [2.45, 2.75) is 5.16 Å². The van der Waals surface area contributed by atoms with Gasteiger partial charge in [-0.15, -0.1) is 5.10 Å². The van der Waals surface area contributed by atoms with Crippen molar-refractivity contribution in [3.8, 4) is 28.6 Å². The van der Waals surface area contributed by atoms with E-state index < -0.39 is 5.97 Å². The lowest BCUT2D eigenvalue weighted by atomic mass is 10.2. The largest absolute Gasteiger partial charge is 0.497 e. The number of para-hydroxylation sites is 1. The first-order chi connectivity index (χ1) is 14.0. The molecule has 1 aromatic heterocycles. The number of hydrogen-bond acceptors (Lipinski definition) is 7. The molecule has 0 atom stereocenters. The lowest BCUT2D eigenvalue weighted by molar-refractivity contribution is -0.131. The molecule has 0 unspecified atom stereocenters. The van der Waals surface area contributed by atoms with Crippen LogP contribution in [0.3, 0.4) is 0 Å². The number of carbonyl (C=O) groups is 1. The van der Waals surface area contributed by atoms with Crippen LogP contribution >= 0.6 is 11.8 Å². The summed E-state index contributed by atoms with van der Waals surface area (Å²) in [7, 11) is 4.65. The minimum Gasteiger partial charge on any atom is -0.497 e. The van der Waals surface area contributed by atoms with E-state index in [9.17, 15) is 9.90 Å². The third-order valence-electron chi connectivity index (χ3n) is 3.93. The molecule has 1 heterocycles. The summed E-state index contributed by atoms with van der Waals surface area (Å²) >= 11 is 0.936. The van der Waals surface area contributed by atoms with Gasteiger partial charge in [-0.2, -0.15) is 0 Å². The van der Waals surface area contributed by atoms with E-state index in [0.29, 0.717) is 34.2 Å². The van der Waals surface area contributed by atoms with E-state index >= 15 is 0 Å². The number of thioether (sulfide) groups is 1. The van der Waals surface area contributed by atoms with Crippen LogP contribution in [-0.2, 0) is 4.79 Å². The van der Waals surface area contributed by atoms with Crippen molar-refractivity contribution in [2.24, 2.45) is 0 Å². The number of aromatic amines is 1. The van der Waals surface area contributed by atoms with Crippen molar-refractivity contribution in [3.63, 3.8) is 0 Å². The number of hydrogen-bond donors (Lipinski definition) is 2. The van der Waals surface area contributed by atoms with Gasteiger partial charge in [0.15, 0.2) is 5.82 Å². The van der Waals surface area contributed by atoms with Crippen LogP contribution in [0.15, 0.2) is 52.5 Å². The lowest BCUT2D eigenvalue weighted by Crippen LogP contribution is -1.98. The van der Waals surface area contributed by atoms with Gasteiger partial charge >= 0.3 is 5.97 Å². The topological polar surface area (TPSA) is 107 Å². The molecule has 29 heavy (non-hydrogen) atoms. The number of carboxylic acids is 1. The number of H-pyrrole nitrogens is 1. The van der Waals surface area contributed by atoms with Crippen LogP contribution in [0.25, 0.3) is 17.5 Å². The van der Waals surface area contributed by atoms with E-state index in [1.54, 1.807) is 50.6 Å². The van der Waals surface area contributed by atoms with Gasteiger partial charge < -0.3 is 19.3 Å². The van der Waals surface area contributed by atoms with Crippen molar-refractivity contribution < 1.29 is 24.1 Å². The number of methoxy groups -OCH3 is 3. The number of nitrogens with zero attached hydrogens (tertiary/aromatic N) is 2. The van der Waals surface area contributed by atoms with Crippen LogP contribution in [0.1, 0.15) is 5.56 Å². The molecule has 2 N–H and O–H groups in total. The molecule has 0 radical (unpaired) electrons. The van der Waals surface area contributed by atoms with Gasteiger partial charge in [-0.05, 0) is 36.0 Å². The van der Waals surface area contributed by atoms with Gasteiger partial charge in [0.05, 0.1) is 21.3 Å². The first-order valence-corrected chi connectivity index (χ1v) is 9.27. The average molecular weight is 413 g/mol. The second-order valence-electron chi connectivity index (χ2n) is 5.73. The zero-order valence-corrected chi connectivity index (χ0v) is 16.8. The zero-order valence-electron chi connectivity index (χ0n) is 16.0. The number of aliphatic carboxylic acids is 1. The van der Waals surface area contributed by atoms with Gasteiger partial charge in [0, 0.05) is 17.2 Å². The van der Waals surface area contributed by atoms with Gasteiger partial charge in [0.2, 0.25) is 5.16 Å². The fraction of sp³-hybridized carbons (Fsp3) is 0.150. The van der Waals surface area contributed by atoms with Crippen molar-refractivity contribution in [1.29, 1.82) is 0 Å². The highest BCUT2D eigenvalue weighted by molar-refractivity contribution is 8.04. The summed E-state index contributed by atoms with van der Waals surface area (Å²) in [6, 6.07) is 12.5. The lowest BCUT2D eigenvalue weighted by Gasteiger charge is -2.06. The summed E-state index contributed by atoms with van der Waals surface area (Å²) in [6.45, 7) is 0. The SMILES string of the molecule is COc1cc(OC)cc(-c2nc(S/C(=C\c3ccccc3OC)C(=O)O)n[nH]2)c1. The fourth-order valence-corrected chi connectivity index (χ4v) is 3.22. The van der Waals surface area contributed by atoms with Crippen LogP contribution in [0.4, 0.5) is 0 Å². The first kappa shape index (κ1) is 20.3. The van der Waals surface area contributed by atoms with Gasteiger partial charge in [-0.25, -0.2) is 9.78 Å². The predicted octanol–water partition coefficient (Wildman–Crippen LogP) is 3.72. The molecule has 3 aromatic rings. The standard InChI is InChI=1S/C20H19N3O5S/c1-26-14-8-13(9-15(11-14)27-2)18-21-20(23-22-18)29-17(19(24)25)10-12-6-4-5-7-16(12)28-3/h4-11H,1-3H3,(H,24,25)(H,21,22,23)/b17-10-. The maximum atomic E-state index is 11.7. The Morgan fingerprint density at radius 2 is 1.76 bits per heavy atom. The normalized spacial score (nSPS) is 11.2. The molecule has 0 amide bonds. The summed E-state index contributed by atoms with van der Waals surface area (Å²) in [6.07, 6.45) is 1.52. The Morgan fingerprint density at radius 3 is 2.38 bits per heavy atom. The minimum atomic E-state index is -1.09. The summed E-state index contributed by atoms with van der Waals surface area (Å²) in [5, 5.41) is 16.8. The van der Waals surface area contributed by atoms with Crippen LogP contribution in [0.5, 0.6) is 17.2 Å². The van der Waals surface area contributed by atoms with Crippen LogP contribution < -0.4 is 14.2 Å². The molecule has 2 aromatic carbocycles.